The molecule has 9 rings (SSSR count). The van der Waals surface area contributed by atoms with Gasteiger partial charge in [-0.25, -0.2) is 0 Å². The van der Waals surface area contributed by atoms with Crippen molar-refractivity contribution in [2.45, 2.75) is 75.5 Å². The van der Waals surface area contributed by atoms with E-state index >= 15 is 0 Å². The van der Waals surface area contributed by atoms with Crippen molar-refractivity contribution in [2.24, 2.45) is 16.8 Å². The van der Waals surface area contributed by atoms with Gasteiger partial charge in [0.15, 0.2) is 0 Å². The fourth-order valence-corrected chi connectivity index (χ4v) is 10.1. The number of aliphatic hydroxyl groups excluding tert-OH is 1. The molecule has 2 aliphatic heterocycles. The van der Waals surface area contributed by atoms with Crippen LogP contribution in [0.15, 0.2) is 71.4 Å². The monoisotopic (exact) mass is 678 g/mol. The zero-order valence-corrected chi connectivity index (χ0v) is 28.5. The third-order valence-electron chi connectivity index (χ3n) is 11.7. The van der Waals surface area contributed by atoms with Gasteiger partial charge in [-0.2, -0.15) is 0 Å². The standard InChI is InChI=1S/C40H40Cl2N4O2/c41-19-15-23-5-3-17-39(21-23)43-29-9-1-7-25-11-13-27(35(45-39)31(25)29)33-37(47)34(38(33)48)28-14-12-26-8-2-10-30-32(26)36(28)46-40(44-30)18-4-6-24(22-40)16-20-42/h1-2,7-14,23-24,43-45,47H,3-6,15-22H2/b34-28-. The molecule has 4 aromatic rings. The van der Waals surface area contributed by atoms with Crippen LogP contribution < -0.4 is 26.5 Å². The second-order valence-corrected chi connectivity index (χ2v) is 15.4. The van der Waals surface area contributed by atoms with Gasteiger partial charge in [0.05, 0.1) is 22.2 Å². The van der Waals surface area contributed by atoms with Crippen molar-refractivity contribution in [1.29, 1.82) is 0 Å². The number of nitrogens with zero attached hydrogens (tertiary/aromatic N) is 1. The number of carbonyl (C=O) groups excluding carboxylic acids is 1. The summed E-state index contributed by atoms with van der Waals surface area (Å²) >= 11 is 12.4. The molecule has 5 aliphatic rings. The second kappa shape index (κ2) is 11.4. The number of nitrogens with one attached hydrogen (secondary N) is 3. The lowest BCUT2D eigenvalue weighted by molar-refractivity contribution is -0.109. The molecule has 4 N–H and O–H groups in total. The van der Waals surface area contributed by atoms with Crippen LogP contribution in [0.5, 0.6) is 0 Å². The zero-order valence-electron chi connectivity index (χ0n) is 27.0. The fraction of sp³-hybridized carbons (Fsp3) is 0.400. The van der Waals surface area contributed by atoms with Crippen molar-refractivity contribution >= 4 is 78.7 Å². The van der Waals surface area contributed by atoms with E-state index in [0.717, 1.165) is 107 Å². The molecule has 0 aromatic heterocycles. The molecule has 0 saturated heterocycles. The van der Waals surface area contributed by atoms with E-state index in [1.54, 1.807) is 0 Å². The van der Waals surface area contributed by atoms with Crippen LogP contribution in [0.2, 0.25) is 0 Å². The lowest BCUT2D eigenvalue weighted by Gasteiger charge is -2.47. The molecular formula is C40H40Cl2N4O2. The minimum Gasteiger partial charge on any atom is -0.506 e. The molecule has 4 atom stereocenters. The Hall–Kier alpha value is -3.74. The van der Waals surface area contributed by atoms with Crippen molar-refractivity contribution in [3.05, 3.63) is 82.6 Å². The molecule has 6 nitrogen and oxygen atoms in total. The summed E-state index contributed by atoms with van der Waals surface area (Å²) in [5.41, 5.74) is 3.72. The Morgan fingerprint density at radius 1 is 0.771 bits per heavy atom. The number of alkyl halides is 2. The number of aliphatic hydroxyl groups is 1. The maximum absolute atomic E-state index is 14.4. The number of benzene rings is 4. The maximum Gasteiger partial charge on any atom is 0.201 e. The topological polar surface area (TPSA) is 85.8 Å². The van der Waals surface area contributed by atoms with E-state index in [9.17, 15) is 9.90 Å². The zero-order chi connectivity index (χ0) is 32.6. The molecule has 0 amide bonds. The molecule has 4 unspecified atom stereocenters. The van der Waals surface area contributed by atoms with Gasteiger partial charge >= 0.3 is 0 Å². The Kier molecular flexibility index (Phi) is 7.21. The molecule has 8 heteroatoms. The lowest BCUT2D eigenvalue weighted by atomic mass is 9.76. The van der Waals surface area contributed by atoms with Crippen LogP contribution in [0, 0.1) is 11.8 Å². The van der Waals surface area contributed by atoms with Crippen LogP contribution in [0.25, 0.3) is 32.7 Å². The Labute approximate surface area is 290 Å². The van der Waals surface area contributed by atoms with Gasteiger partial charge < -0.3 is 21.1 Å². The third-order valence-corrected chi connectivity index (χ3v) is 12.1. The molecule has 0 bridgehead atoms. The average Bonchev–Trinajstić information content (AvgIpc) is 3.07. The first-order valence-corrected chi connectivity index (χ1v) is 18.7. The van der Waals surface area contributed by atoms with Crippen LogP contribution >= 0.6 is 23.2 Å². The second-order valence-electron chi connectivity index (χ2n) is 14.7. The van der Waals surface area contributed by atoms with Gasteiger partial charge in [-0.1, -0.05) is 61.4 Å². The highest BCUT2D eigenvalue weighted by molar-refractivity contribution is 6.52. The molecule has 2 fully saturated rings. The molecule has 2 saturated carbocycles. The van der Waals surface area contributed by atoms with E-state index in [1.807, 2.05) is 18.2 Å². The lowest BCUT2D eigenvalue weighted by Crippen LogP contribution is -2.51. The Morgan fingerprint density at radius 2 is 1.46 bits per heavy atom. The van der Waals surface area contributed by atoms with Gasteiger partial charge in [0.2, 0.25) is 5.78 Å². The SMILES string of the molecule is O=C1C(c2ccc3cccc4c3c2NC2(CCCC(CCCl)C2)N4)=C(O)/C1=c1\ccc2cccc3c2c1=NC1(CCCC(CCCl)C1)N3. The summed E-state index contributed by atoms with van der Waals surface area (Å²) in [6, 6.07) is 20.6. The number of rotatable bonds is 5. The van der Waals surface area contributed by atoms with Crippen LogP contribution in [-0.4, -0.2) is 34.0 Å². The number of halogens is 2. The van der Waals surface area contributed by atoms with E-state index in [0.29, 0.717) is 40.0 Å². The average molecular weight is 680 g/mol. The summed E-state index contributed by atoms with van der Waals surface area (Å²) < 4.78 is 0. The summed E-state index contributed by atoms with van der Waals surface area (Å²) in [5, 5.41) is 29.2. The van der Waals surface area contributed by atoms with E-state index in [2.05, 4.69) is 58.4 Å². The number of hydrogen-bond donors (Lipinski definition) is 4. The van der Waals surface area contributed by atoms with Gasteiger partial charge in [0.1, 0.15) is 17.1 Å². The smallest absolute Gasteiger partial charge is 0.201 e. The summed E-state index contributed by atoms with van der Waals surface area (Å²) in [6.07, 6.45) is 10.2. The molecule has 0 radical (unpaired) electrons. The quantitative estimate of drug-likeness (QED) is 0.159. The summed E-state index contributed by atoms with van der Waals surface area (Å²) in [6.45, 7) is 0. The van der Waals surface area contributed by atoms with E-state index in [-0.39, 0.29) is 17.2 Å². The highest BCUT2D eigenvalue weighted by atomic mass is 35.5. The Bertz CT molecular complexity index is 2180. The fourth-order valence-electron chi connectivity index (χ4n) is 9.52. The van der Waals surface area contributed by atoms with E-state index < -0.39 is 5.66 Å². The number of hydrogen-bond acceptors (Lipinski definition) is 6. The number of carbonyl (C=O) groups is 1. The van der Waals surface area contributed by atoms with Crippen molar-refractivity contribution in [2.75, 3.05) is 27.7 Å². The third kappa shape index (κ3) is 4.66. The van der Waals surface area contributed by atoms with Crippen molar-refractivity contribution in [3.63, 3.8) is 0 Å². The molecule has 3 aliphatic carbocycles. The minimum atomic E-state index is -0.451. The Balaban J connectivity index is 1.21. The van der Waals surface area contributed by atoms with Crippen LogP contribution in [0.4, 0.5) is 17.1 Å². The first-order valence-electron chi connectivity index (χ1n) is 17.6. The highest BCUT2D eigenvalue weighted by Gasteiger charge is 2.44. The summed E-state index contributed by atoms with van der Waals surface area (Å²) in [7, 11) is 0. The number of Topliss-reactive ketones (excluding diaryl/α,β-unsaturated/α-hetero) is 1. The Morgan fingerprint density at radius 3 is 2.21 bits per heavy atom. The predicted octanol–water partition coefficient (Wildman–Crippen LogP) is 8.61. The first kappa shape index (κ1) is 30.3. The summed E-state index contributed by atoms with van der Waals surface area (Å²) in [5.74, 6) is 2.22. The first-order chi connectivity index (χ1) is 23.4. The van der Waals surface area contributed by atoms with Gasteiger partial charge in [-0.05, 0) is 86.1 Å². The predicted molar refractivity (Wildman–Crippen MR) is 198 cm³/mol. The van der Waals surface area contributed by atoms with E-state index in [1.165, 1.54) is 6.42 Å². The van der Waals surface area contributed by atoms with Gasteiger partial charge in [0.25, 0.3) is 0 Å². The van der Waals surface area contributed by atoms with Crippen molar-refractivity contribution in [1.82, 2.24) is 0 Å². The van der Waals surface area contributed by atoms with Gasteiger partial charge in [0, 0.05) is 44.7 Å². The van der Waals surface area contributed by atoms with E-state index in [4.69, 9.17) is 28.2 Å². The van der Waals surface area contributed by atoms with Gasteiger partial charge in [-0.15, -0.1) is 23.2 Å². The van der Waals surface area contributed by atoms with Crippen molar-refractivity contribution in [3.8, 4) is 0 Å². The van der Waals surface area contributed by atoms with Crippen LogP contribution in [-0.2, 0) is 4.79 Å². The molecular weight excluding hydrogens is 639 g/mol. The number of allylic oxidation sites excluding steroid dienone is 2. The molecule has 48 heavy (non-hydrogen) atoms. The minimum absolute atomic E-state index is 0.0469. The largest absolute Gasteiger partial charge is 0.506 e. The number of anilines is 3. The summed E-state index contributed by atoms with van der Waals surface area (Å²) in [4.78, 5) is 19.9. The van der Waals surface area contributed by atoms with Gasteiger partial charge in [-0.3, -0.25) is 9.79 Å². The van der Waals surface area contributed by atoms with Crippen molar-refractivity contribution < 1.29 is 9.90 Å². The van der Waals surface area contributed by atoms with Crippen LogP contribution in [0.3, 0.4) is 0 Å². The van der Waals surface area contributed by atoms with Crippen LogP contribution in [0.1, 0.15) is 69.8 Å². The molecule has 2 heterocycles. The molecule has 2 spiro atoms. The maximum atomic E-state index is 14.4. The molecule has 246 valence electrons. The highest BCUT2D eigenvalue weighted by Crippen LogP contribution is 2.50. The number of ketones is 1. The normalized spacial score (nSPS) is 28.6. The molecule has 4 aromatic carbocycles.